The largest absolute Gasteiger partial charge is 0.467 e. The Labute approximate surface area is 97.8 Å². The molecule has 0 saturated carbocycles. The number of likely N-dealkylation sites (N-methyl/N-ethyl adjacent to an activating group) is 1. The van der Waals surface area contributed by atoms with Gasteiger partial charge in [-0.1, -0.05) is 0 Å². The van der Waals surface area contributed by atoms with Gasteiger partial charge in [0.05, 0.1) is 12.8 Å². The molecule has 0 radical (unpaired) electrons. The van der Waals surface area contributed by atoms with E-state index in [9.17, 15) is 4.79 Å². The van der Waals surface area contributed by atoms with Gasteiger partial charge in [0, 0.05) is 7.05 Å². The summed E-state index contributed by atoms with van der Waals surface area (Å²) < 4.78 is 6.56. The number of rotatable bonds is 4. The summed E-state index contributed by atoms with van der Waals surface area (Å²) in [5.74, 6) is 0.803. The number of hydrogen-bond donors (Lipinski definition) is 1. The van der Waals surface area contributed by atoms with Crippen molar-refractivity contribution in [1.29, 1.82) is 0 Å². The minimum Gasteiger partial charge on any atom is -0.467 e. The highest BCUT2D eigenvalue weighted by Crippen LogP contribution is 2.04. The van der Waals surface area contributed by atoms with Gasteiger partial charge in [0.1, 0.15) is 18.6 Å². The lowest BCUT2D eigenvalue weighted by Crippen LogP contribution is -2.29. The number of furan rings is 1. The summed E-state index contributed by atoms with van der Waals surface area (Å²) in [5, 5.41) is 3.84. The van der Waals surface area contributed by atoms with Gasteiger partial charge in [-0.25, -0.2) is 9.67 Å². The molecule has 0 aliphatic rings. The van der Waals surface area contributed by atoms with Crippen molar-refractivity contribution < 1.29 is 9.21 Å². The van der Waals surface area contributed by atoms with Gasteiger partial charge in [-0.3, -0.25) is 4.79 Å². The molecule has 2 aromatic rings. The van der Waals surface area contributed by atoms with E-state index in [1.165, 1.54) is 11.0 Å². The summed E-state index contributed by atoms with van der Waals surface area (Å²) >= 11 is 0. The van der Waals surface area contributed by atoms with Crippen LogP contribution < -0.4 is 5.73 Å². The lowest BCUT2D eigenvalue weighted by molar-refractivity contribution is -0.131. The van der Waals surface area contributed by atoms with Crippen LogP contribution in [-0.2, 0) is 17.9 Å². The molecule has 0 bridgehead atoms. The second-order valence-electron chi connectivity index (χ2n) is 3.63. The second kappa shape index (κ2) is 4.69. The van der Waals surface area contributed by atoms with E-state index in [2.05, 4.69) is 10.1 Å². The van der Waals surface area contributed by atoms with Gasteiger partial charge < -0.3 is 15.1 Å². The molecule has 1 amide bonds. The second-order valence-corrected chi connectivity index (χ2v) is 3.63. The average molecular weight is 235 g/mol. The normalized spacial score (nSPS) is 10.4. The van der Waals surface area contributed by atoms with Crippen molar-refractivity contribution in [2.75, 3.05) is 12.8 Å². The van der Waals surface area contributed by atoms with Crippen molar-refractivity contribution in [3.63, 3.8) is 0 Å². The Morgan fingerprint density at radius 3 is 3.06 bits per heavy atom. The number of nitrogens with two attached hydrogens (primary N) is 1. The minimum absolute atomic E-state index is 0.0914. The summed E-state index contributed by atoms with van der Waals surface area (Å²) in [4.78, 5) is 17.1. The zero-order valence-electron chi connectivity index (χ0n) is 9.41. The molecule has 0 unspecified atom stereocenters. The Bertz CT molecular complexity index is 491. The van der Waals surface area contributed by atoms with E-state index in [0.29, 0.717) is 6.54 Å². The average Bonchev–Trinajstić information content (AvgIpc) is 2.90. The van der Waals surface area contributed by atoms with Gasteiger partial charge in [0.15, 0.2) is 0 Å². The maximum Gasteiger partial charge on any atom is 0.244 e. The van der Waals surface area contributed by atoms with E-state index >= 15 is 0 Å². The maximum atomic E-state index is 11.8. The van der Waals surface area contributed by atoms with Crippen LogP contribution in [0, 0.1) is 0 Å². The van der Waals surface area contributed by atoms with E-state index in [1.807, 2.05) is 6.07 Å². The predicted octanol–water partition coefficient (Wildman–Crippen LogP) is 0.112. The van der Waals surface area contributed by atoms with Crippen LogP contribution in [0.3, 0.4) is 0 Å². The highest BCUT2D eigenvalue weighted by Gasteiger charge is 2.12. The van der Waals surface area contributed by atoms with Crippen molar-refractivity contribution in [3.8, 4) is 0 Å². The van der Waals surface area contributed by atoms with Crippen LogP contribution >= 0.6 is 0 Å². The number of carbonyl (C=O) groups is 1. The summed E-state index contributed by atoms with van der Waals surface area (Å²) in [6.45, 7) is 0.539. The molecule has 0 aromatic carbocycles. The first-order chi connectivity index (χ1) is 8.15. The molecule has 7 nitrogen and oxygen atoms in total. The predicted molar refractivity (Wildman–Crippen MR) is 59.6 cm³/mol. The Morgan fingerprint density at radius 1 is 1.65 bits per heavy atom. The van der Waals surface area contributed by atoms with Crippen molar-refractivity contribution in [2.45, 2.75) is 13.1 Å². The zero-order valence-corrected chi connectivity index (χ0v) is 9.41. The molecule has 2 aromatic heterocycles. The van der Waals surface area contributed by atoms with E-state index in [-0.39, 0.29) is 18.4 Å². The highest BCUT2D eigenvalue weighted by molar-refractivity contribution is 5.75. The Hall–Kier alpha value is -2.31. The van der Waals surface area contributed by atoms with Crippen LogP contribution in [0.4, 0.5) is 5.95 Å². The number of aromatic nitrogens is 3. The Balaban J connectivity index is 1.91. The van der Waals surface area contributed by atoms with Gasteiger partial charge in [0.25, 0.3) is 0 Å². The fourth-order valence-corrected chi connectivity index (χ4v) is 1.37. The van der Waals surface area contributed by atoms with Gasteiger partial charge in [0.2, 0.25) is 11.9 Å². The van der Waals surface area contributed by atoms with E-state index in [1.54, 1.807) is 24.3 Å². The first kappa shape index (κ1) is 11.2. The summed E-state index contributed by atoms with van der Waals surface area (Å²) in [7, 11) is 1.70. The molecule has 0 fully saturated rings. The quantitative estimate of drug-likeness (QED) is 0.812. The summed E-state index contributed by atoms with van der Waals surface area (Å²) in [5.41, 5.74) is 5.36. The van der Waals surface area contributed by atoms with E-state index in [4.69, 9.17) is 10.2 Å². The molecule has 0 aliphatic carbocycles. The summed E-state index contributed by atoms with van der Waals surface area (Å²) in [6, 6.07) is 3.60. The third-order valence-corrected chi connectivity index (χ3v) is 2.25. The SMILES string of the molecule is CN(Cc1ccco1)C(=O)Cn1cnc(N)n1. The molecule has 0 aliphatic heterocycles. The van der Waals surface area contributed by atoms with Crippen LogP contribution in [-0.4, -0.2) is 32.6 Å². The van der Waals surface area contributed by atoms with Crippen molar-refractivity contribution in [1.82, 2.24) is 19.7 Å². The third kappa shape index (κ3) is 2.83. The number of carbonyl (C=O) groups excluding carboxylic acids is 1. The number of nitrogen functional groups attached to an aromatic ring is 1. The molecule has 2 N–H and O–H groups in total. The van der Waals surface area contributed by atoms with Gasteiger partial charge >= 0.3 is 0 Å². The zero-order chi connectivity index (χ0) is 12.3. The molecule has 0 saturated heterocycles. The summed E-state index contributed by atoms with van der Waals surface area (Å²) in [6.07, 6.45) is 3.00. The Kier molecular flexibility index (Phi) is 3.08. The standard InChI is InChI=1S/C10H13N5O2/c1-14(5-8-3-2-4-17-8)9(16)6-15-7-12-10(11)13-15/h2-4,7H,5-6H2,1H3,(H2,11,13). The van der Waals surface area contributed by atoms with Crippen LogP contribution in [0.1, 0.15) is 5.76 Å². The molecule has 2 heterocycles. The maximum absolute atomic E-state index is 11.8. The molecule has 7 heteroatoms. The monoisotopic (exact) mass is 235 g/mol. The smallest absolute Gasteiger partial charge is 0.244 e. The first-order valence-electron chi connectivity index (χ1n) is 5.06. The van der Waals surface area contributed by atoms with Crippen molar-refractivity contribution in [3.05, 3.63) is 30.5 Å². The fourth-order valence-electron chi connectivity index (χ4n) is 1.37. The lowest BCUT2D eigenvalue weighted by Gasteiger charge is -2.15. The van der Waals surface area contributed by atoms with Crippen LogP contribution in [0.5, 0.6) is 0 Å². The lowest BCUT2D eigenvalue weighted by atomic mass is 10.4. The number of amides is 1. The van der Waals surface area contributed by atoms with Crippen molar-refractivity contribution in [2.24, 2.45) is 0 Å². The molecular formula is C10H13N5O2. The molecule has 0 spiro atoms. The van der Waals surface area contributed by atoms with Crippen LogP contribution in [0.15, 0.2) is 29.1 Å². The van der Waals surface area contributed by atoms with Gasteiger partial charge in [-0.15, -0.1) is 5.10 Å². The number of hydrogen-bond acceptors (Lipinski definition) is 5. The van der Waals surface area contributed by atoms with Crippen LogP contribution in [0.25, 0.3) is 0 Å². The van der Waals surface area contributed by atoms with Crippen molar-refractivity contribution >= 4 is 11.9 Å². The molecular weight excluding hydrogens is 222 g/mol. The molecule has 17 heavy (non-hydrogen) atoms. The highest BCUT2D eigenvalue weighted by atomic mass is 16.3. The van der Waals surface area contributed by atoms with Gasteiger partial charge in [-0.05, 0) is 12.1 Å². The number of nitrogens with zero attached hydrogens (tertiary/aromatic N) is 4. The third-order valence-electron chi connectivity index (χ3n) is 2.25. The molecule has 90 valence electrons. The fraction of sp³-hybridized carbons (Fsp3) is 0.300. The molecule has 2 rings (SSSR count). The topological polar surface area (TPSA) is 90.2 Å². The minimum atomic E-state index is -0.0914. The van der Waals surface area contributed by atoms with E-state index < -0.39 is 0 Å². The first-order valence-corrected chi connectivity index (χ1v) is 5.06. The number of anilines is 1. The van der Waals surface area contributed by atoms with Gasteiger partial charge in [-0.2, -0.15) is 0 Å². The Morgan fingerprint density at radius 2 is 2.47 bits per heavy atom. The van der Waals surface area contributed by atoms with Crippen LogP contribution in [0.2, 0.25) is 0 Å². The van der Waals surface area contributed by atoms with E-state index in [0.717, 1.165) is 5.76 Å². The molecule has 0 atom stereocenters.